The van der Waals surface area contributed by atoms with Gasteiger partial charge >= 0.3 is 0 Å². The van der Waals surface area contributed by atoms with Crippen LogP contribution in [0.1, 0.15) is 10.6 Å². The molecule has 1 aromatic carbocycles. The smallest absolute Gasteiger partial charge is 0.210 e. The largest absolute Gasteiger partial charge is 0.495 e. The molecular weight excluding hydrogens is 252 g/mol. The van der Waals surface area contributed by atoms with Crippen LogP contribution in [0.15, 0.2) is 52.0 Å². The van der Waals surface area contributed by atoms with E-state index in [4.69, 9.17) is 9.15 Å². The first-order chi connectivity index (χ1) is 8.72. The first kappa shape index (κ1) is 12.6. The second-order valence-corrected chi connectivity index (χ2v) is 4.96. The van der Waals surface area contributed by atoms with E-state index in [1.54, 1.807) is 36.4 Å². The maximum Gasteiger partial charge on any atom is 0.210 e. The third-order valence-electron chi connectivity index (χ3n) is 2.37. The van der Waals surface area contributed by atoms with Crippen molar-refractivity contribution in [3.05, 3.63) is 48.4 Å². The highest BCUT2D eigenvalue weighted by molar-refractivity contribution is 7.86. The van der Waals surface area contributed by atoms with Crippen LogP contribution in [-0.4, -0.2) is 22.9 Å². The molecular formula is C13H12O4S. The number of carbonyl (C=O) groups excluding carboxylic acids is 1. The van der Waals surface area contributed by atoms with Crippen LogP contribution in [0, 0.1) is 0 Å². The van der Waals surface area contributed by atoms with E-state index in [2.05, 4.69) is 0 Å². The quantitative estimate of drug-likeness (QED) is 0.777. The number of hydrogen-bond donors (Lipinski definition) is 0. The Hall–Kier alpha value is -1.88. The van der Waals surface area contributed by atoms with Crippen molar-refractivity contribution in [3.8, 4) is 5.75 Å². The van der Waals surface area contributed by atoms with Crippen LogP contribution < -0.4 is 4.74 Å². The Morgan fingerprint density at radius 3 is 2.72 bits per heavy atom. The lowest BCUT2D eigenvalue weighted by atomic mass is 10.3. The highest BCUT2D eigenvalue weighted by Crippen LogP contribution is 2.21. The fraction of sp³-hybridized carbons (Fsp3) is 0.154. The summed E-state index contributed by atoms with van der Waals surface area (Å²) in [7, 11) is 0.0603. The summed E-state index contributed by atoms with van der Waals surface area (Å²) in [5.74, 6) is 0.332. The Balaban J connectivity index is 2.15. The van der Waals surface area contributed by atoms with E-state index in [0.29, 0.717) is 10.6 Å². The molecule has 4 nitrogen and oxygen atoms in total. The molecule has 1 atom stereocenters. The standard InChI is InChI=1S/C13H12O4S/c1-16-12-5-2-3-7-13(12)18(15)9-10(14)11-6-4-8-17-11/h2-8H,9H2,1H3. The summed E-state index contributed by atoms with van der Waals surface area (Å²) in [6.07, 6.45) is 1.42. The van der Waals surface area contributed by atoms with Gasteiger partial charge in [-0.3, -0.25) is 9.00 Å². The van der Waals surface area contributed by atoms with Crippen LogP contribution in [0.3, 0.4) is 0 Å². The van der Waals surface area contributed by atoms with Gasteiger partial charge in [-0.2, -0.15) is 0 Å². The number of furan rings is 1. The average Bonchev–Trinajstić information content (AvgIpc) is 2.92. The summed E-state index contributed by atoms with van der Waals surface area (Å²) in [6.45, 7) is 0. The number of benzene rings is 1. The summed E-state index contributed by atoms with van der Waals surface area (Å²) in [6, 6.07) is 10.1. The molecule has 1 aromatic heterocycles. The minimum Gasteiger partial charge on any atom is -0.495 e. The predicted molar refractivity (Wildman–Crippen MR) is 67.3 cm³/mol. The van der Waals surface area contributed by atoms with E-state index in [-0.39, 0.29) is 17.3 Å². The van der Waals surface area contributed by atoms with E-state index in [1.165, 1.54) is 13.4 Å². The van der Waals surface area contributed by atoms with Gasteiger partial charge in [-0.05, 0) is 24.3 Å². The lowest BCUT2D eigenvalue weighted by molar-refractivity contribution is 0.0991. The van der Waals surface area contributed by atoms with E-state index >= 15 is 0 Å². The van der Waals surface area contributed by atoms with Gasteiger partial charge in [0.05, 0.1) is 34.8 Å². The zero-order chi connectivity index (χ0) is 13.0. The Labute approximate surface area is 107 Å². The molecule has 0 fully saturated rings. The molecule has 5 heteroatoms. The monoisotopic (exact) mass is 264 g/mol. The van der Waals surface area contributed by atoms with Gasteiger partial charge in [0.1, 0.15) is 5.75 Å². The van der Waals surface area contributed by atoms with Crippen molar-refractivity contribution in [2.24, 2.45) is 0 Å². The van der Waals surface area contributed by atoms with Crippen molar-refractivity contribution in [1.82, 2.24) is 0 Å². The first-order valence-corrected chi connectivity index (χ1v) is 6.62. The number of Topliss-reactive ketones (excluding diaryl/α,β-unsaturated/α-hetero) is 1. The summed E-state index contributed by atoms with van der Waals surface area (Å²) in [5.41, 5.74) is 0. The minimum atomic E-state index is -1.44. The lowest BCUT2D eigenvalue weighted by Gasteiger charge is -2.06. The predicted octanol–water partition coefficient (Wildman–Crippen LogP) is 2.28. The minimum absolute atomic E-state index is 0.117. The number of methoxy groups -OCH3 is 1. The van der Waals surface area contributed by atoms with E-state index in [0.717, 1.165) is 0 Å². The Morgan fingerprint density at radius 1 is 1.28 bits per heavy atom. The molecule has 1 heterocycles. The third-order valence-corrected chi connectivity index (χ3v) is 3.72. The van der Waals surface area contributed by atoms with Crippen molar-refractivity contribution >= 4 is 16.6 Å². The topological polar surface area (TPSA) is 56.5 Å². The summed E-state index contributed by atoms with van der Waals surface area (Å²) >= 11 is 0. The molecule has 2 rings (SSSR count). The molecule has 18 heavy (non-hydrogen) atoms. The zero-order valence-corrected chi connectivity index (χ0v) is 10.6. The molecule has 0 radical (unpaired) electrons. The molecule has 1 unspecified atom stereocenters. The first-order valence-electron chi connectivity index (χ1n) is 5.30. The van der Waals surface area contributed by atoms with Crippen LogP contribution in [0.2, 0.25) is 0 Å². The van der Waals surface area contributed by atoms with Crippen LogP contribution in [0.4, 0.5) is 0 Å². The fourth-order valence-electron chi connectivity index (χ4n) is 1.51. The number of hydrogen-bond acceptors (Lipinski definition) is 4. The van der Waals surface area contributed by atoms with Gasteiger partial charge in [0, 0.05) is 0 Å². The number of ketones is 1. The Kier molecular flexibility index (Phi) is 3.94. The highest BCUT2D eigenvalue weighted by atomic mass is 32.2. The number of para-hydroxylation sites is 1. The van der Waals surface area contributed by atoms with E-state index in [1.807, 2.05) is 0 Å². The zero-order valence-electron chi connectivity index (χ0n) is 9.79. The molecule has 94 valence electrons. The SMILES string of the molecule is COc1ccccc1S(=O)CC(=O)c1ccco1. The van der Waals surface area contributed by atoms with Crippen molar-refractivity contribution in [2.45, 2.75) is 4.90 Å². The van der Waals surface area contributed by atoms with Crippen molar-refractivity contribution in [3.63, 3.8) is 0 Å². The fourth-order valence-corrected chi connectivity index (χ4v) is 2.65. The van der Waals surface area contributed by atoms with Gasteiger partial charge in [-0.15, -0.1) is 0 Å². The maximum absolute atomic E-state index is 12.1. The van der Waals surface area contributed by atoms with E-state index in [9.17, 15) is 9.00 Å². The van der Waals surface area contributed by atoms with Gasteiger partial charge in [-0.1, -0.05) is 12.1 Å². The van der Waals surface area contributed by atoms with Crippen LogP contribution in [0.5, 0.6) is 5.75 Å². The summed E-state index contributed by atoms with van der Waals surface area (Å²) < 4.78 is 22.2. The molecule has 0 aliphatic heterocycles. The molecule has 2 aromatic rings. The van der Waals surface area contributed by atoms with Crippen LogP contribution in [-0.2, 0) is 10.8 Å². The normalized spacial score (nSPS) is 12.1. The maximum atomic E-state index is 12.1. The van der Waals surface area contributed by atoms with Gasteiger partial charge in [0.2, 0.25) is 5.78 Å². The molecule has 0 N–H and O–H groups in total. The average molecular weight is 264 g/mol. The third kappa shape index (κ3) is 2.68. The molecule has 0 aliphatic carbocycles. The van der Waals surface area contributed by atoms with Crippen molar-refractivity contribution in [1.29, 1.82) is 0 Å². The molecule has 0 spiro atoms. The van der Waals surface area contributed by atoms with Gasteiger partial charge in [0.25, 0.3) is 0 Å². The number of carbonyl (C=O) groups is 1. The van der Waals surface area contributed by atoms with E-state index < -0.39 is 10.8 Å². The molecule has 0 saturated carbocycles. The Morgan fingerprint density at radius 2 is 2.06 bits per heavy atom. The summed E-state index contributed by atoms with van der Waals surface area (Å²) in [4.78, 5) is 12.3. The highest BCUT2D eigenvalue weighted by Gasteiger charge is 2.17. The van der Waals surface area contributed by atoms with Gasteiger partial charge < -0.3 is 9.15 Å². The Bertz CT molecular complexity index is 560. The molecule has 0 saturated heterocycles. The molecule has 0 aliphatic rings. The summed E-state index contributed by atoms with van der Waals surface area (Å²) in [5, 5.41) is 0. The van der Waals surface area contributed by atoms with Gasteiger partial charge in [-0.25, -0.2) is 0 Å². The molecule has 0 bridgehead atoms. The molecule has 0 amide bonds. The van der Waals surface area contributed by atoms with Crippen molar-refractivity contribution in [2.75, 3.05) is 12.9 Å². The van der Waals surface area contributed by atoms with Gasteiger partial charge in [0.15, 0.2) is 5.76 Å². The second-order valence-electron chi connectivity index (χ2n) is 3.54. The number of rotatable bonds is 5. The van der Waals surface area contributed by atoms with Crippen LogP contribution >= 0.6 is 0 Å². The van der Waals surface area contributed by atoms with Crippen molar-refractivity contribution < 1.29 is 18.2 Å². The lowest BCUT2D eigenvalue weighted by Crippen LogP contribution is -2.11. The van der Waals surface area contributed by atoms with Crippen LogP contribution in [0.25, 0.3) is 0 Å². The second kappa shape index (κ2) is 5.64. The number of ether oxygens (including phenoxy) is 1.